The number of anilines is 1. The van der Waals surface area contributed by atoms with Gasteiger partial charge in [-0.15, -0.1) is 0 Å². The molecule has 1 unspecified atom stereocenters. The smallest absolute Gasteiger partial charge is 0.300 e. The van der Waals surface area contributed by atoms with E-state index in [0.717, 1.165) is 5.56 Å². The lowest BCUT2D eigenvalue weighted by Crippen LogP contribution is -2.29. The fourth-order valence-electron chi connectivity index (χ4n) is 4.70. The zero-order chi connectivity index (χ0) is 27.6. The Morgan fingerprint density at radius 1 is 0.842 bits per heavy atom. The van der Waals surface area contributed by atoms with Crippen LogP contribution < -0.4 is 23.8 Å². The van der Waals surface area contributed by atoms with Gasteiger partial charge >= 0.3 is 0 Å². The highest BCUT2D eigenvalue weighted by Crippen LogP contribution is 2.45. The van der Waals surface area contributed by atoms with Crippen LogP contribution in [0, 0.1) is 13.8 Å². The van der Waals surface area contributed by atoms with Gasteiger partial charge in [0.25, 0.3) is 11.7 Å². The van der Waals surface area contributed by atoms with E-state index in [1.807, 2.05) is 20.8 Å². The summed E-state index contributed by atoms with van der Waals surface area (Å²) in [5.74, 6) is 0.438. The maximum absolute atomic E-state index is 13.5. The number of hydrogen-bond acceptors (Lipinski definition) is 7. The van der Waals surface area contributed by atoms with E-state index in [1.54, 1.807) is 68.8 Å². The van der Waals surface area contributed by atoms with Gasteiger partial charge in [0.1, 0.15) is 17.3 Å². The maximum atomic E-state index is 13.5. The maximum Gasteiger partial charge on any atom is 0.300 e. The van der Waals surface area contributed by atoms with Crippen LogP contribution in [0.15, 0.2) is 60.2 Å². The van der Waals surface area contributed by atoms with Crippen LogP contribution in [0.3, 0.4) is 0 Å². The van der Waals surface area contributed by atoms with E-state index in [1.165, 1.54) is 12.0 Å². The zero-order valence-corrected chi connectivity index (χ0v) is 22.3. The lowest BCUT2D eigenvalue weighted by molar-refractivity contribution is -0.132. The molecule has 8 heteroatoms. The first-order chi connectivity index (χ1) is 18.2. The quantitative estimate of drug-likeness (QED) is 0.244. The number of nitrogens with zero attached hydrogens (tertiary/aromatic N) is 1. The van der Waals surface area contributed by atoms with E-state index >= 15 is 0 Å². The topological polar surface area (TPSA) is 94.5 Å². The van der Waals surface area contributed by atoms with Crippen LogP contribution in [-0.2, 0) is 9.59 Å². The van der Waals surface area contributed by atoms with E-state index < -0.39 is 17.7 Å². The van der Waals surface area contributed by atoms with Crippen LogP contribution in [0.1, 0.15) is 35.2 Å². The normalized spacial score (nSPS) is 16.5. The molecule has 1 amide bonds. The molecular formula is C30H31NO7. The third-order valence-electron chi connectivity index (χ3n) is 6.60. The Morgan fingerprint density at radius 3 is 2.13 bits per heavy atom. The lowest BCUT2D eigenvalue weighted by Gasteiger charge is -2.26. The number of aliphatic hydroxyl groups excluding tert-OH is 1. The number of ketones is 1. The number of ether oxygens (including phenoxy) is 4. The van der Waals surface area contributed by atoms with Crippen molar-refractivity contribution in [1.29, 1.82) is 0 Å². The number of amides is 1. The second kappa shape index (κ2) is 10.9. The molecule has 3 aromatic rings. The Bertz CT molecular complexity index is 1410. The molecule has 3 aromatic carbocycles. The SMILES string of the molecule is CCOc1cc(C2/C(=C(\O)c3cc(C)c(OC)cc3C)C(=O)C(=O)N2c2ccc(OC)cc2)ccc1OC. The molecule has 8 nitrogen and oxygen atoms in total. The van der Waals surface area contributed by atoms with Crippen molar-refractivity contribution in [2.75, 3.05) is 32.8 Å². The molecule has 1 N–H and O–H groups in total. The molecular weight excluding hydrogens is 486 g/mol. The number of benzene rings is 3. The van der Waals surface area contributed by atoms with Gasteiger partial charge in [0.05, 0.1) is 39.6 Å². The number of aryl methyl sites for hydroxylation is 2. The van der Waals surface area contributed by atoms with E-state index in [-0.39, 0.29) is 11.3 Å². The van der Waals surface area contributed by atoms with Gasteiger partial charge in [-0.05, 0) is 86.0 Å². The van der Waals surface area contributed by atoms with Gasteiger partial charge in [-0.2, -0.15) is 0 Å². The van der Waals surface area contributed by atoms with E-state index in [0.29, 0.717) is 52.0 Å². The molecule has 1 heterocycles. The second-order valence-corrected chi connectivity index (χ2v) is 8.85. The fraction of sp³-hybridized carbons (Fsp3) is 0.267. The van der Waals surface area contributed by atoms with E-state index in [4.69, 9.17) is 18.9 Å². The van der Waals surface area contributed by atoms with Crippen molar-refractivity contribution in [2.45, 2.75) is 26.8 Å². The summed E-state index contributed by atoms with van der Waals surface area (Å²) < 4.78 is 21.9. The van der Waals surface area contributed by atoms with Crippen molar-refractivity contribution in [1.82, 2.24) is 0 Å². The molecule has 1 saturated heterocycles. The first kappa shape index (κ1) is 26.6. The number of carbonyl (C=O) groups is 2. The monoisotopic (exact) mass is 517 g/mol. The van der Waals surface area contributed by atoms with Crippen LogP contribution in [0.25, 0.3) is 5.76 Å². The van der Waals surface area contributed by atoms with Crippen LogP contribution >= 0.6 is 0 Å². The number of aliphatic hydroxyl groups is 1. The van der Waals surface area contributed by atoms with Crippen molar-refractivity contribution in [3.8, 4) is 23.0 Å². The van der Waals surface area contributed by atoms with E-state index in [2.05, 4.69) is 0 Å². The van der Waals surface area contributed by atoms with Gasteiger partial charge in [0.15, 0.2) is 11.5 Å². The van der Waals surface area contributed by atoms with Crippen molar-refractivity contribution in [2.24, 2.45) is 0 Å². The minimum atomic E-state index is -0.921. The Labute approximate surface area is 222 Å². The number of carbonyl (C=O) groups excluding carboxylic acids is 2. The molecule has 1 fully saturated rings. The first-order valence-corrected chi connectivity index (χ1v) is 12.2. The van der Waals surface area contributed by atoms with Crippen LogP contribution in [0.5, 0.6) is 23.0 Å². The summed E-state index contributed by atoms with van der Waals surface area (Å²) in [6.07, 6.45) is 0. The minimum absolute atomic E-state index is 0.0221. The number of rotatable bonds is 8. The van der Waals surface area contributed by atoms with Crippen molar-refractivity contribution >= 4 is 23.1 Å². The highest BCUT2D eigenvalue weighted by molar-refractivity contribution is 6.51. The molecule has 0 aromatic heterocycles. The van der Waals surface area contributed by atoms with Crippen LogP contribution in [0.2, 0.25) is 0 Å². The van der Waals surface area contributed by atoms with Crippen LogP contribution in [-0.4, -0.2) is 44.7 Å². The molecule has 1 atom stereocenters. The second-order valence-electron chi connectivity index (χ2n) is 8.85. The summed E-state index contributed by atoms with van der Waals surface area (Å²) in [7, 11) is 4.66. The standard InChI is InChI=1S/C30H31NO7/c1-7-38-25-16-19(8-13-23(25)36-5)27-26(28(32)22-14-18(3)24(37-6)15-17(22)2)29(33)30(34)31(27)20-9-11-21(35-4)12-10-20/h8-16,27,32H,7H2,1-6H3/b28-26+. The molecule has 198 valence electrons. The summed E-state index contributed by atoms with van der Waals surface area (Å²) in [6, 6.07) is 14.7. The average molecular weight is 518 g/mol. The number of methoxy groups -OCH3 is 3. The summed E-state index contributed by atoms with van der Waals surface area (Å²) in [5, 5.41) is 11.6. The predicted octanol–water partition coefficient (Wildman–Crippen LogP) is 5.35. The van der Waals surface area contributed by atoms with Gasteiger partial charge in [-0.25, -0.2) is 0 Å². The fourth-order valence-corrected chi connectivity index (χ4v) is 4.70. The molecule has 0 spiro atoms. The zero-order valence-electron chi connectivity index (χ0n) is 22.3. The molecule has 1 aliphatic rings. The van der Waals surface area contributed by atoms with E-state index in [9.17, 15) is 14.7 Å². The highest BCUT2D eigenvalue weighted by atomic mass is 16.5. The Kier molecular flexibility index (Phi) is 7.62. The summed E-state index contributed by atoms with van der Waals surface area (Å²) in [4.78, 5) is 28.4. The van der Waals surface area contributed by atoms with Gasteiger partial charge in [0.2, 0.25) is 0 Å². The molecule has 0 bridgehead atoms. The van der Waals surface area contributed by atoms with Gasteiger partial charge in [0, 0.05) is 11.3 Å². The molecule has 38 heavy (non-hydrogen) atoms. The molecule has 0 radical (unpaired) electrons. The predicted molar refractivity (Wildman–Crippen MR) is 144 cm³/mol. The molecule has 0 saturated carbocycles. The van der Waals surface area contributed by atoms with Gasteiger partial charge in [-0.3, -0.25) is 14.5 Å². The summed E-state index contributed by atoms with van der Waals surface area (Å²) >= 11 is 0. The third-order valence-corrected chi connectivity index (χ3v) is 6.60. The Hall–Kier alpha value is -4.46. The van der Waals surface area contributed by atoms with Gasteiger partial charge < -0.3 is 24.1 Å². The number of hydrogen-bond donors (Lipinski definition) is 1. The molecule has 4 rings (SSSR count). The van der Waals surface area contributed by atoms with Crippen LogP contribution in [0.4, 0.5) is 5.69 Å². The average Bonchev–Trinajstić information content (AvgIpc) is 3.19. The minimum Gasteiger partial charge on any atom is -0.507 e. The van der Waals surface area contributed by atoms with Crippen molar-refractivity contribution < 1.29 is 33.6 Å². The highest BCUT2D eigenvalue weighted by Gasteiger charge is 2.47. The molecule has 1 aliphatic heterocycles. The Balaban J connectivity index is 1.98. The van der Waals surface area contributed by atoms with Crippen molar-refractivity contribution in [3.05, 3.63) is 82.4 Å². The Morgan fingerprint density at radius 2 is 1.53 bits per heavy atom. The largest absolute Gasteiger partial charge is 0.507 e. The first-order valence-electron chi connectivity index (χ1n) is 12.2. The summed E-state index contributed by atoms with van der Waals surface area (Å²) in [5.41, 5.74) is 2.96. The van der Waals surface area contributed by atoms with Gasteiger partial charge in [-0.1, -0.05) is 6.07 Å². The molecule has 0 aliphatic carbocycles. The number of Topliss-reactive ketones (excluding diaryl/α,β-unsaturated/α-hetero) is 1. The van der Waals surface area contributed by atoms with Crippen molar-refractivity contribution in [3.63, 3.8) is 0 Å². The lowest BCUT2D eigenvalue weighted by atomic mass is 9.92. The third kappa shape index (κ3) is 4.65. The summed E-state index contributed by atoms with van der Waals surface area (Å²) in [6.45, 7) is 5.90.